The van der Waals surface area contributed by atoms with Gasteiger partial charge in [0.1, 0.15) is 0 Å². The Balaban J connectivity index is 1.99. The zero-order chi connectivity index (χ0) is 18.3. The lowest BCUT2D eigenvalue weighted by Crippen LogP contribution is -2.27. The molecule has 3 atom stereocenters. The molecular formula is C14H16N2O7P2. The van der Waals surface area contributed by atoms with Gasteiger partial charge in [-0.25, -0.2) is 4.98 Å². The third-order valence-electron chi connectivity index (χ3n) is 3.92. The lowest BCUT2D eigenvalue weighted by Gasteiger charge is -2.34. The summed E-state index contributed by atoms with van der Waals surface area (Å²) < 4.78 is 31.3. The number of benzene rings is 1. The third kappa shape index (κ3) is 3.05. The molecule has 0 amide bonds. The highest BCUT2D eigenvalue weighted by Crippen LogP contribution is 2.79. The first-order valence-corrected chi connectivity index (χ1v) is 10.4. The minimum Gasteiger partial charge on any atom is -0.366 e. The molecule has 1 aliphatic carbocycles. The van der Waals surface area contributed by atoms with Gasteiger partial charge in [-0.1, -0.05) is 30.3 Å². The van der Waals surface area contributed by atoms with Crippen molar-refractivity contribution >= 4 is 21.3 Å². The van der Waals surface area contributed by atoms with Crippen LogP contribution in [0.4, 0.5) is 0 Å². The molecule has 0 saturated heterocycles. The van der Waals surface area contributed by atoms with Crippen molar-refractivity contribution in [3.8, 4) is 0 Å². The molecule has 0 saturated carbocycles. The number of imidazole rings is 1. The average Bonchev–Trinajstić information content (AvgIpc) is 3.13. The fourth-order valence-electron chi connectivity index (χ4n) is 2.79. The van der Waals surface area contributed by atoms with E-state index in [1.807, 2.05) is 0 Å². The maximum atomic E-state index is 12.9. The number of aliphatic hydroxyl groups is 1. The molecule has 0 aliphatic heterocycles. The molecule has 3 rings (SSSR count). The van der Waals surface area contributed by atoms with Gasteiger partial charge in [0, 0.05) is 12.4 Å². The van der Waals surface area contributed by atoms with Gasteiger partial charge in [0.15, 0.2) is 6.29 Å². The van der Waals surface area contributed by atoms with Gasteiger partial charge in [0.2, 0.25) is 4.90 Å². The number of aliphatic hydroxyl groups excluding tert-OH is 1. The van der Waals surface area contributed by atoms with E-state index in [0.717, 1.165) is 6.08 Å². The molecule has 1 aromatic heterocycles. The zero-order valence-electron chi connectivity index (χ0n) is 12.8. The number of aromatic nitrogens is 2. The third-order valence-corrected chi connectivity index (χ3v) is 8.52. The highest BCUT2D eigenvalue weighted by Gasteiger charge is 2.64. The van der Waals surface area contributed by atoms with Crippen molar-refractivity contribution < 1.29 is 33.4 Å². The molecule has 4 N–H and O–H groups in total. The molecule has 0 radical (unpaired) electrons. The van der Waals surface area contributed by atoms with Crippen molar-refractivity contribution in [2.75, 3.05) is 0 Å². The Hall–Kier alpha value is -1.57. The van der Waals surface area contributed by atoms with Crippen LogP contribution in [0.25, 0.3) is 6.08 Å². The van der Waals surface area contributed by atoms with Gasteiger partial charge in [0.05, 0.1) is 12.9 Å². The first-order valence-electron chi connectivity index (χ1n) is 7.17. The number of fused-ring (bicyclic) bond motifs is 1. The fourth-order valence-corrected chi connectivity index (χ4v) is 6.36. The van der Waals surface area contributed by atoms with Crippen molar-refractivity contribution in [3.63, 3.8) is 0 Å². The van der Waals surface area contributed by atoms with Gasteiger partial charge in [-0.15, -0.1) is 0 Å². The van der Waals surface area contributed by atoms with Crippen LogP contribution in [0.5, 0.6) is 0 Å². The van der Waals surface area contributed by atoms with Crippen LogP contribution in [0.2, 0.25) is 0 Å². The highest BCUT2D eigenvalue weighted by molar-refractivity contribution is 7.72. The summed E-state index contributed by atoms with van der Waals surface area (Å²) in [7, 11) is -10.2. The second kappa shape index (κ2) is 6.30. The second-order valence-electron chi connectivity index (χ2n) is 5.53. The van der Waals surface area contributed by atoms with E-state index in [0.29, 0.717) is 5.56 Å². The predicted molar refractivity (Wildman–Crippen MR) is 88.3 cm³/mol. The molecule has 9 nitrogen and oxygen atoms in total. The first-order chi connectivity index (χ1) is 11.7. The lowest BCUT2D eigenvalue weighted by atomic mass is 10.1. The number of hydrogen-bond acceptors (Lipinski definition) is 5. The van der Waals surface area contributed by atoms with E-state index >= 15 is 0 Å². The topological polar surface area (TPSA) is 142 Å². The number of hydrogen-bond donors (Lipinski definition) is 4. The molecule has 11 heteroatoms. The van der Waals surface area contributed by atoms with Crippen LogP contribution in [0.3, 0.4) is 0 Å². The maximum absolute atomic E-state index is 12.9. The molecule has 3 unspecified atom stereocenters. The van der Waals surface area contributed by atoms with E-state index in [9.17, 15) is 28.9 Å². The van der Waals surface area contributed by atoms with Crippen molar-refractivity contribution in [2.45, 2.75) is 17.7 Å². The molecule has 0 bridgehead atoms. The van der Waals surface area contributed by atoms with Crippen molar-refractivity contribution in [1.82, 2.24) is 9.55 Å². The summed E-state index contributed by atoms with van der Waals surface area (Å²) in [6, 6.07) is 6.04. The Morgan fingerprint density at radius 3 is 2.60 bits per heavy atom. The number of nitrogens with zero attached hydrogens (tertiary/aromatic N) is 2. The van der Waals surface area contributed by atoms with Gasteiger partial charge in [-0.3, -0.25) is 13.7 Å². The van der Waals surface area contributed by atoms with Crippen LogP contribution >= 0.6 is 15.2 Å². The molecule has 0 spiro atoms. The molecule has 1 aliphatic rings. The minimum absolute atomic E-state index is 0.0241. The molecule has 1 aromatic carbocycles. The molecule has 2 aromatic rings. The Morgan fingerprint density at radius 2 is 1.96 bits per heavy atom. The summed E-state index contributed by atoms with van der Waals surface area (Å²) in [4.78, 5) is 31.4. The Labute approximate surface area is 142 Å². The van der Waals surface area contributed by atoms with Gasteiger partial charge in [0.25, 0.3) is 0 Å². The number of rotatable bonds is 6. The van der Waals surface area contributed by atoms with Crippen molar-refractivity contribution in [2.24, 2.45) is 0 Å². The minimum atomic E-state index is -5.18. The van der Waals surface area contributed by atoms with Gasteiger partial charge in [-0.2, -0.15) is 0 Å². The van der Waals surface area contributed by atoms with Gasteiger partial charge >= 0.3 is 15.2 Å². The van der Waals surface area contributed by atoms with Gasteiger partial charge < -0.3 is 24.4 Å². The van der Waals surface area contributed by atoms with Crippen molar-refractivity contribution in [3.05, 3.63) is 60.2 Å². The van der Waals surface area contributed by atoms with Crippen LogP contribution in [-0.4, -0.2) is 35.6 Å². The zero-order valence-corrected chi connectivity index (χ0v) is 14.6. The summed E-state index contributed by atoms with van der Waals surface area (Å²) >= 11 is 0. The average molecular weight is 386 g/mol. The first kappa shape index (κ1) is 18.2. The van der Waals surface area contributed by atoms with E-state index in [2.05, 4.69) is 4.98 Å². The summed E-state index contributed by atoms with van der Waals surface area (Å²) in [5.41, 5.74) is 0.372. The summed E-state index contributed by atoms with van der Waals surface area (Å²) in [5, 5.41) is 9.96. The monoisotopic (exact) mass is 386 g/mol. The second-order valence-corrected chi connectivity index (χ2v) is 9.63. The van der Waals surface area contributed by atoms with E-state index in [1.165, 1.54) is 41.5 Å². The summed E-state index contributed by atoms with van der Waals surface area (Å²) in [5.74, 6) is 0. The smallest absolute Gasteiger partial charge is 0.357 e. The van der Waals surface area contributed by atoms with Crippen LogP contribution < -0.4 is 0 Å². The summed E-state index contributed by atoms with van der Waals surface area (Å²) in [6.07, 6.45) is 4.86. The molecule has 0 fully saturated rings. The quantitative estimate of drug-likeness (QED) is 0.432. The predicted octanol–water partition coefficient (Wildman–Crippen LogP) is 1.46. The van der Waals surface area contributed by atoms with Crippen LogP contribution in [0, 0.1) is 0 Å². The maximum Gasteiger partial charge on any atom is 0.357 e. The fraction of sp³-hybridized carbons (Fsp3) is 0.214. The standard InChI is InChI=1S/C14H16N2O7P2/c17-13(9-16-8-7-15-10-16)23-25(21,22)14(24(18,19)20)6-5-11-3-1-2-4-12(11)14/h1-8,10,13,17H,9H2,(H,21,22)(H2,18,19,20). The van der Waals surface area contributed by atoms with Crippen LogP contribution in [0.1, 0.15) is 11.1 Å². The van der Waals surface area contributed by atoms with Crippen LogP contribution in [-0.2, 0) is 25.1 Å². The Kier molecular flexibility index (Phi) is 4.59. The van der Waals surface area contributed by atoms with E-state index in [4.69, 9.17) is 4.52 Å². The van der Waals surface area contributed by atoms with E-state index < -0.39 is 26.4 Å². The van der Waals surface area contributed by atoms with E-state index in [1.54, 1.807) is 12.1 Å². The SMILES string of the molecule is O=P(O)(O)C1(P(=O)(O)OC(O)Cn2ccnc2)C=Cc2ccccc21. The Morgan fingerprint density at radius 1 is 1.24 bits per heavy atom. The number of allylic oxidation sites excluding steroid dienone is 1. The molecular weight excluding hydrogens is 370 g/mol. The molecule has 1 heterocycles. The normalized spacial score (nSPS) is 23.2. The molecule has 134 valence electrons. The van der Waals surface area contributed by atoms with Crippen molar-refractivity contribution in [1.29, 1.82) is 0 Å². The Bertz CT molecular complexity index is 892. The van der Waals surface area contributed by atoms with Gasteiger partial charge in [-0.05, 0) is 17.2 Å². The summed E-state index contributed by atoms with van der Waals surface area (Å²) in [6.45, 7) is -0.229. The van der Waals surface area contributed by atoms with Crippen LogP contribution in [0.15, 0.2) is 49.1 Å². The lowest BCUT2D eigenvalue weighted by molar-refractivity contribution is -0.0376. The largest absolute Gasteiger partial charge is 0.366 e. The van der Waals surface area contributed by atoms with E-state index in [-0.39, 0.29) is 12.1 Å². The highest BCUT2D eigenvalue weighted by atomic mass is 31.2. The molecule has 25 heavy (non-hydrogen) atoms.